The van der Waals surface area contributed by atoms with Crippen molar-refractivity contribution in [1.29, 1.82) is 0 Å². The lowest BCUT2D eigenvalue weighted by Crippen LogP contribution is -2.41. The van der Waals surface area contributed by atoms with E-state index in [0.29, 0.717) is 19.0 Å². The van der Waals surface area contributed by atoms with Gasteiger partial charge in [-0.05, 0) is 34.6 Å². The number of nitrogens with one attached hydrogen (secondary N) is 2. The average molecular weight is 343 g/mol. The SMILES string of the molecule is CCNC1COCC1C(=O)Nc1ccc(Br)c(OC)c1. The lowest BCUT2D eigenvalue weighted by atomic mass is 10.0. The van der Waals surface area contributed by atoms with E-state index in [1.807, 2.05) is 19.1 Å². The van der Waals surface area contributed by atoms with Gasteiger partial charge in [-0.1, -0.05) is 6.92 Å². The highest BCUT2D eigenvalue weighted by atomic mass is 79.9. The molecule has 1 aromatic carbocycles. The Morgan fingerprint density at radius 1 is 1.50 bits per heavy atom. The second kappa shape index (κ2) is 7.06. The van der Waals surface area contributed by atoms with Crippen LogP contribution >= 0.6 is 15.9 Å². The molecule has 0 saturated carbocycles. The molecule has 0 aliphatic carbocycles. The third-order valence-corrected chi connectivity index (χ3v) is 3.96. The van der Waals surface area contributed by atoms with Crippen LogP contribution in [0.3, 0.4) is 0 Å². The standard InChI is InChI=1S/C14H19BrN2O3/c1-3-16-12-8-20-7-10(12)14(18)17-9-4-5-11(15)13(6-9)19-2/h4-6,10,12,16H,3,7-8H2,1-2H3,(H,17,18). The maximum absolute atomic E-state index is 12.3. The van der Waals surface area contributed by atoms with Crippen molar-refractivity contribution in [2.45, 2.75) is 13.0 Å². The van der Waals surface area contributed by atoms with Gasteiger partial charge in [0, 0.05) is 17.8 Å². The Kier molecular flexibility index (Phi) is 5.39. The molecule has 1 aromatic rings. The van der Waals surface area contributed by atoms with Gasteiger partial charge in [0.25, 0.3) is 0 Å². The van der Waals surface area contributed by atoms with E-state index in [9.17, 15) is 4.79 Å². The number of carbonyl (C=O) groups is 1. The van der Waals surface area contributed by atoms with E-state index in [-0.39, 0.29) is 17.9 Å². The molecule has 0 bridgehead atoms. The normalized spacial score (nSPS) is 21.8. The highest BCUT2D eigenvalue weighted by Crippen LogP contribution is 2.28. The van der Waals surface area contributed by atoms with E-state index in [2.05, 4.69) is 26.6 Å². The summed E-state index contributed by atoms with van der Waals surface area (Å²) in [6.07, 6.45) is 0. The van der Waals surface area contributed by atoms with Gasteiger partial charge in [-0.15, -0.1) is 0 Å². The maximum Gasteiger partial charge on any atom is 0.231 e. The van der Waals surface area contributed by atoms with Crippen molar-refractivity contribution in [3.8, 4) is 5.75 Å². The number of benzene rings is 1. The molecule has 2 atom stereocenters. The molecule has 0 aromatic heterocycles. The van der Waals surface area contributed by atoms with E-state index < -0.39 is 0 Å². The topological polar surface area (TPSA) is 59.6 Å². The van der Waals surface area contributed by atoms with E-state index in [1.54, 1.807) is 13.2 Å². The summed E-state index contributed by atoms with van der Waals surface area (Å²) in [5.41, 5.74) is 0.720. The molecule has 2 N–H and O–H groups in total. The fourth-order valence-corrected chi connectivity index (χ4v) is 2.66. The molecule has 2 unspecified atom stereocenters. The minimum Gasteiger partial charge on any atom is -0.495 e. The van der Waals surface area contributed by atoms with Gasteiger partial charge in [-0.3, -0.25) is 4.79 Å². The largest absolute Gasteiger partial charge is 0.495 e. The number of hydrogen-bond donors (Lipinski definition) is 2. The molecule has 1 aliphatic heterocycles. The summed E-state index contributed by atoms with van der Waals surface area (Å²) in [4.78, 5) is 12.3. The number of hydrogen-bond acceptors (Lipinski definition) is 4. The van der Waals surface area contributed by atoms with Gasteiger partial charge in [0.1, 0.15) is 5.75 Å². The maximum atomic E-state index is 12.3. The molecule has 2 rings (SSSR count). The van der Waals surface area contributed by atoms with Crippen LogP contribution in [0.25, 0.3) is 0 Å². The summed E-state index contributed by atoms with van der Waals surface area (Å²) < 4.78 is 11.5. The highest BCUT2D eigenvalue weighted by molar-refractivity contribution is 9.10. The number of anilines is 1. The molecule has 1 aliphatic rings. The summed E-state index contributed by atoms with van der Waals surface area (Å²) in [6.45, 7) is 3.88. The molecule has 0 spiro atoms. The predicted octanol–water partition coefficient (Wildman–Crippen LogP) is 2.02. The Labute approximate surface area is 127 Å². The number of carbonyl (C=O) groups excluding carboxylic acids is 1. The Hall–Kier alpha value is -1.11. The minimum atomic E-state index is -0.162. The molecule has 1 amide bonds. The minimum absolute atomic E-state index is 0.0298. The summed E-state index contributed by atoms with van der Waals surface area (Å²) in [5.74, 6) is 0.496. The Balaban J connectivity index is 2.04. The van der Waals surface area contributed by atoms with Crippen LogP contribution in [0.15, 0.2) is 22.7 Å². The van der Waals surface area contributed by atoms with Crippen molar-refractivity contribution in [3.05, 3.63) is 22.7 Å². The zero-order valence-corrected chi connectivity index (χ0v) is 13.2. The zero-order valence-electron chi connectivity index (χ0n) is 11.6. The van der Waals surface area contributed by atoms with Crippen molar-refractivity contribution in [2.24, 2.45) is 5.92 Å². The predicted molar refractivity (Wildman–Crippen MR) is 81.1 cm³/mol. The fraction of sp³-hybridized carbons (Fsp3) is 0.500. The zero-order chi connectivity index (χ0) is 14.5. The van der Waals surface area contributed by atoms with E-state index in [1.165, 1.54) is 0 Å². The van der Waals surface area contributed by atoms with Crippen LogP contribution in [-0.4, -0.2) is 38.8 Å². The highest BCUT2D eigenvalue weighted by Gasteiger charge is 2.33. The Morgan fingerprint density at radius 3 is 3.00 bits per heavy atom. The van der Waals surface area contributed by atoms with Gasteiger partial charge in [-0.2, -0.15) is 0 Å². The van der Waals surface area contributed by atoms with Crippen LogP contribution in [0.2, 0.25) is 0 Å². The van der Waals surface area contributed by atoms with E-state index in [0.717, 1.165) is 16.7 Å². The molecule has 110 valence electrons. The van der Waals surface area contributed by atoms with Gasteiger partial charge in [-0.25, -0.2) is 0 Å². The number of amides is 1. The fourth-order valence-electron chi connectivity index (χ4n) is 2.25. The first-order valence-electron chi connectivity index (χ1n) is 6.61. The summed E-state index contributed by atoms with van der Waals surface area (Å²) in [7, 11) is 1.59. The second-order valence-corrected chi connectivity index (χ2v) is 5.50. The molecule has 1 fully saturated rings. The summed E-state index contributed by atoms with van der Waals surface area (Å²) in [6, 6.07) is 5.56. The molecule has 0 radical (unpaired) electrons. The van der Waals surface area contributed by atoms with Crippen molar-refractivity contribution < 1.29 is 14.3 Å². The molecular formula is C14H19BrN2O3. The lowest BCUT2D eigenvalue weighted by molar-refractivity contribution is -0.120. The molecule has 1 heterocycles. The lowest BCUT2D eigenvalue weighted by Gasteiger charge is -2.18. The van der Waals surface area contributed by atoms with Crippen molar-refractivity contribution in [1.82, 2.24) is 5.32 Å². The average Bonchev–Trinajstić information content (AvgIpc) is 2.89. The molecular weight excluding hydrogens is 324 g/mol. The number of rotatable bonds is 5. The van der Waals surface area contributed by atoms with Gasteiger partial charge in [0.2, 0.25) is 5.91 Å². The Morgan fingerprint density at radius 2 is 2.30 bits per heavy atom. The van der Waals surface area contributed by atoms with Gasteiger partial charge >= 0.3 is 0 Å². The number of halogens is 1. The van der Waals surface area contributed by atoms with Crippen LogP contribution in [0.5, 0.6) is 5.75 Å². The van der Waals surface area contributed by atoms with Crippen molar-refractivity contribution in [2.75, 3.05) is 32.2 Å². The van der Waals surface area contributed by atoms with Gasteiger partial charge < -0.3 is 20.1 Å². The number of likely N-dealkylation sites (N-methyl/N-ethyl adjacent to an activating group) is 1. The summed E-state index contributed by atoms with van der Waals surface area (Å²) >= 11 is 3.39. The first kappa shape index (κ1) is 15.3. The molecule has 6 heteroatoms. The van der Waals surface area contributed by atoms with Gasteiger partial charge in [0.05, 0.1) is 30.7 Å². The second-order valence-electron chi connectivity index (χ2n) is 4.65. The first-order chi connectivity index (χ1) is 9.65. The first-order valence-corrected chi connectivity index (χ1v) is 7.40. The third kappa shape index (κ3) is 3.50. The Bertz CT molecular complexity index is 481. The van der Waals surface area contributed by atoms with Gasteiger partial charge in [0.15, 0.2) is 0 Å². The molecule has 1 saturated heterocycles. The van der Waals surface area contributed by atoms with Crippen molar-refractivity contribution in [3.63, 3.8) is 0 Å². The molecule has 5 nitrogen and oxygen atoms in total. The van der Waals surface area contributed by atoms with Crippen LogP contribution in [0.4, 0.5) is 5.69 Å². The third-order valence-electron chi connectivity index (χ3n) is 3.30. The number of ether oxygens (including phenoxy) is 2. The van der Waals surface area contributed by atoms with E-state index >= 15 is 0 Å². The van der Waals surface area contributed by atoms with E-state index in [4.69, 9.17) is 9.47 Å². The van der Waals surface area contributed by atoms with Crippen LogP contribution in [0, 0.1) is 5.92 Å². The van der Waals surface area contributed by atoms with Crippen LogP contribution in [-0.2, 0) is 9.53 Å². The monoisotopic (exact) mass is 342 g/mol. The molecule has 20 heavy (non-hydrogen) atoms. The smallest absolute Gasteiger partial charge is 0.231 e. The van der Waals surface area contributed by atoms with Crippen LogP contribution in [0.1, 0.15) is 6.92 Å². The van der Waals surface area contributed by atoms with Crippen molar-refractivity contribution >= 4 is 27.5 Å². The van der Waals surface area contributed by atoms with Crippen LogP contribution < -0.4 is 15.4 Å². The number of methoxy groups -OCH3 is 1. The summed E-state index contributed by atoms with van der Waals surface area (Å²) in [5, 5.41) is 6.19. The quantitative estimate of drug-likeness (QED) is 0.859.